The molecule has 0 unspecified atom stereocenters. The van der Waals surface area contributed by atoms with Crippen molar-refractivity contribution in [2.75, 3.05) is 25.4 Å². The Morgan fingerprint density at radius 1 is 1.14 bits per heavy atom. The van der Waals surface area contributed by atoms with Gasteiger partial charge < -0.3 is 30.6 Å². The van der Waals surface area contributed by atoms with Crippen LogP contribution in [0.5, 0.6) is 0 Å². The number of phosphoric ester groups is 1. The molecule has 0 radical (unpaired) electrons. The van der Waals surface area contributed by atoms with Gasteiger partial charge in [0, 0.05) is 37.1 Å². The summed E-state index contributed by atoms with van der Waals surface area (Å²) in [6.07, 6.45) is -2.31. The van der Waals surface area contributed by atoms with Crippen LogP contribution in [0.3, 0.4) is 0 Å². The first-order chi connectivity index (χ1) is 12.7. The molecule has 2 amide bonds. The number of hydrogen-bond donors (Lipinski definition) is 6. The molecule has 0 aromatic heterocycles. The first kappa shape index (κ1) is 27.0. The van der Waals surface area contributed by atoms with Crippen molar-refractivity contribution in [2.24, 2.45) is 5.41 Å². The first-order valence-electron chi connectivity index (χ1n) is 8.51. The van der Waals surface area contributed by atoms with Crippen molar-refractivity contribution >= 4 is 36.5 Å². The molecular weight excluding hydrogens is 415 g/mol. The summed E-state index contributed by atoms with van der Waals surface area (Å²) < 4.78 is 15.0. The summed E-state index contributed by atoms with van der Waals surface area (Å²) in [4.78, 5) is 52.3. The molecular formula is C15H29N2O9PS. The molecule has 2 atom stereocenters. The van der Waals surface area contributed by atoms with Crippen LogP contribution in [0.15, 0.2) is 0 Å². The molecule has 0 aliphatic heterocycles. The molecule has 0 fully saturated rings. The van der Waals surface area contributed by atoms with Gasteiger partial charge in [-0.1, -0.05) is 25.6 Å². The lowest BCUT2D eigenvalue weighted by atomic mass is 9.87. The molecule has 6 N–H and O–H groups in total. The monoisotopic (exact) mass is 444 g/mol. The summed E-state index contributed by atoms with van der Waals surface area (Å²) in [5.74, 6) is -0.801. The lowest BCUT2D eigenvalue weighted by Gasteiger charge is -2.29. The Labute approximate surface area is 167 Å². The second-order valence-electron chi connectivity index (χ2n) is 6.82. The summed E-state index contributed by atoms with van der Waals surface area (Å²) in [5.41, 5.74) is -1.26. The summed E-state index contributed by atoms with van der Waals surface area (Å²) in [6, 6.07) is 0. The fourth-order valence-electron chi connectivity index (χ4n) is 1.82. The zero-order valence-corrected chi connectivity index (χ0v) is 17.8. The Hall–Kier alpha value is -1.01. The van der Waals surface area contributed by atoms with Gasteiger partial charge in [0.15, 0.2) is 5.12 Å². The van der Waals surface area contributed by atoms with Crippen LogP contribution < -0.4 is 10.6 Å². The van der Waals surface area contributed by atoms with Gasteiger partial charge in [0.1, 0.15) is 6.10 Å². The van der Waals surface area contributed by atoms with Crippen molar-refractivity contribution in [3.8, 4) is 0 Å². The lowest BCUT2D eigenvalue weighted by molar-refractivity contribution is -0.137. The fourth-order valence-corrected chi connectivity index (χ4v) is 3.12. The van der Waals surface area contributed by atoms with Crippen molar-refractivity contribution in [1.82, 2.24) is 10.6 Å². The SMILES string of the molecule is C[C@@H](O)CC(=O)SCCNC(=O)CCNC(=O)[C@H](O)C(C)(C)COP(=O)(O)O. The summed E-state index contributed by atoms with van der Waals surface area (Å²) in [5, 5.41) is 23.8. The molecule has 28 heavy (non-hydrogen) atoms. The highest BCUT2D eigenvalue weighted by Crippen LogP contribution is 2.38. The zero-order chi connectivity index (χ0) is 22.0. The van der Waals surface area contributed by atoms with Gasteiger partial charge in [-0.3, -0.25) is 18.9 Å². The van der Waals surface area contributed by atoms with Crippen LogP contribution in [0.1, 0.15) is 33.6 Å². The molecule has 11 nitrogen and oxygen atoms in total. The highest BCUT2D eigenvalue weighted by Gasteiger charge is 2.35. The zero-order valence-electron chi connectivity index (χ0n) is 16.1. The fraction of sp³-hybridized carbons (Fsp3) is 0.800. The van der Waals surface area contributed by atoms with E-state index in [9.17, 15) is 24.1 Å². The van der Waals surface area contributed by atoms with Gasteiger partial charge >= 0.3 is 7.82 Å². The van der Waals surface area contributed by atoms with E-state index in [1.165, 1.54) is 20.8 Å². The second-order valence-corrected chi connectivity index (χ2v) is 9.21. The lowest BCUT2D eigenvalue weighted by Crippen LogP contribution is -2.46. The van der Waals surface area contributed by atoms with E-state index in [1.54, 1.807) is 0 Å². The number of phosphoric acid groups is 1. The Kier molecular flexibility index (Phi) is 12.1. The molecule has 0 spiro atoms. The summed E-state index contributed by atoms with van der Waals surface area (Å²) in [6.45, 7) is 3.96. The number of carbonyl (C=O) groups excluding carboxylic acids is 3. The van der Waals surface area contributed by atoms with Gasteiger partial charge in [0.2, 0.25) is 11.8 Å². The van der Waals surface area contributed by atoms with Crippen LogP contribution in [0, 0.1) is 5.41 Å². The van der Waals surface area contributed by atoms with E-state index >= 15 is 0 Å². The molecule has 0 rings (SSSR count). The minimum Gasteiger partial charge on any atom is -0.393 e. The topological polar surface area (TPSA) is 182 Å². The molecule has 0 aromatic carbocycles. The van der Waals surface area contributed by atoms with Gasteiger partial charge in [0.05, 0.1) is 12.7 Å². The maximum Gasteiger partial charge on any atom is 0.469 e. The second kappa shape index (κ2) is 12.5. The van der Waals surface area contributed by atoms with E-state index in [0.29, 0.717) is 5.75 Å². The molecule has 0 aliphatic carbocycles. The van der Waals surface area contributed by atoms with E-state index in [-0.39, 0.29) is 37.0 Å². The van der Waals surface area contributed by atoms with E-state index in [0.717, 1.165) is 11.8 Å². The Morgan fingerprint density at radius 2 is 1.75 bits per heavy atom. The van der Waals surface area contributed by atoms with Crippen molar-refractivity contribution in [2.45, 2.75) is 45.8 Å². The molecule has 0 saturated heterocycles. The maximum absolute atomic E-state index is 11.9. The molecule has 13 heteroatoms. The van der Waals surface area contributed by atoms with Crippen molar-refractivity contribution in [3.05, 3.63) is 0 Å². The molecule has 0 heterocycles. The number of aliphatic hydroxyl groups excluding tert-OH is 2. The van der Waals surface area contributed by atoms with Crippen LogP contribution in [-0.4, -0.2) is 74.6 Å². The largest absolute Gasteiger partial charge is 0.469 e. The predicted molar refractivity (Wildman–Crippen MR) is 102 cm³/mol. The normalized spacial score (nSPS) is 14.2. The third-order valence-electron chi connectivity index (χ3n) is 3.39. The van der Waals surface area contributed by atoms with Crippen molar-refractivity contribution in [1.29, 1.82) is 0 Å². The quantitative estimate of drug-likeness (QED) is 0.154. The van der Waals surface area contributed by atoms with E-state index < -0.39 is 38.0 Å². The van der Waals surface area contributed by atoms with Crippen LogP contribution in [0.4, 0.5) is 0 Å². The number of amides is 2. The number of nitrogens with one attached hydrogen (secondary N) is 2. The molecule has 0 saturated carbocycles. The Bertz CT molecular complexity index is 580. The van der Waals surface area contributed by atoms with E-state index in [2.05, 4.69) is 15.2 Å². The standard InChI is InChI=1S/C15H29N2O9PS/c1-10(18)8-12(20)28-7-6-16-11(19)4-5-17-14(22)13(21)15(2,3)9-26-27(23,24)25/h10,13,18,21H,4-9H2,1-3H3,(H,16,19)(H,17,22)(H2,23,24,25)/t10-,13+/m1/s1. The maximum atomic E-state index is 11.9. The predicted octanol–water partition coefficient (Wildman–Crippen LogP) is -0.864. The number of hydrogen-bond acceptors (Lipinski definition) is 8. The first-order valence-corrected chi connectivity index (χ1v) is 11.0. The summed E-state index contributed by atoms with van der Waals surface area (Å²) >= 11 is 1.00. The van der Waals surface area contributed by atoms with E-state index in [1.807, 2.05) is 0 Å². The average Bonchev–Trinajstić information content (AvgIpc) is 2.55. The number of rotatable bonds is 13. The third-order valence-corrected chi connectivity index (χ3v) is 4.76. The van der Waals surface area contributed by atoms with Gasteiger partial charge in [-0.15, -0.1) is 0 Å². The van der Waals surface area contributed by atoms with Crippen LogP contribution >= 0.6 is 19.6 Å². The third kappa shape index (κ3) is 13.2. The molecule has 164 valence electrons. The summed E-state index contributed by atoms with van der Waals surface area (Å²) in [7, 11) is -4.72. The Balaban J connectivity index is 4.07. The van der Waals surface area contributed by atoms with Gasteiger partial charge in [-0.2, -0.15) is 0 Å². The van der Waals surface area contributed by atoms with E-state index in [4.69, 9.17) is 14.9 Å². The Morgan fingerprint density at radius 3 is 2.29 bits per heavy atom. The average molecular weight is 444 g/mol. The molecule has 0 aliphatic rings. The molecule has 0 aromatic rings. The van der Waals surface area contributed by atoms with Crippen LogP contribution in [0.25, 0.3) is 0 Å². The minimum atomic E-state index is -4.72. The van der Waals surface area contributed by atoms with Gasteiger partial charge in [-0.25, -0.2) is 4.57 Å². The number of carbonyl (C=O) groups is 3. The van der Waals surface area contributed by atoms with Crippen LogP contribution in [-0.2, 0) is 23.5 Å². The highest BCUT2D eigenvalue weighted by molar-refractivity contribution is 8.13. The van der Waals surface area contributed by atoms with Crippen molar-refractivity contribution in [3.63, 3.8) is 0 Å². The smallest absolute Gasteiger partial charge is 0.393 e. The van der Waals surface area contributed by atoms with Crippen LogP contribution in [0.2, 0.25) is 0 Å². The number of aliphatic hydroxyl groups is 2. The number of thioether (sulfide) groups is 1. The minimum absolute atomic E-state index is 0.0442. The highest BCUT2D eigenvalue weighted by atomic mass is 32.2. The van der Waals surface area contributed by atoms with Gasteiger partial charge in [0.25, 0.3) is 0 Å². The van der Waals surface area contributed by atoms with Gasteiger partial charge in [-0.05, 0) is 6.92 Å². The molecule has 0 bridgehead atoms. The van der Waals surface area contributed by atoms with Crippen molar-refractivity contribution < 1.29 is 43.5 Å².